The Bertz CT molecular complexity index is 332. The molecular weight excluding hydrogens is 202 g/mol. The van der Waals surface area contributed by atoms with Gasteiger partial charge in [0, 0.05) is 0 Å². The predicted molar refractivity (Wildman–Crippen MR) is 49.1 cm³/mol. The summed E-state index contributed by atoms with van der Waals surface area (Å²) in [6.45, 7) is -0.529. The van der Waals surface area contributed by atoms with Crippen LogP contribution in [0.3, 0.4) is 0 Å². The molecule has 1 atom stereocenters. The Balaban J connectivity index is 2.60. The number of nitrogens with one attached hydrogen (secondary N) is 1. The summed E-state index contributed by atoms with van der Waals surface area (Å²) in [6.07, 6.45) is 1.33. The highest BCUT2D eigenvalue weighted by molar-refractivity contribution is 5.94. The number of ether oxygens (including phenoxy) is 1. The maximum atomic E-state index is 11.4. The third-order valence-corrected chi connectivity index (χ3v) is 1.72. The van der Waals surface area contributed by atoms with Crippen LogP contribution in [0.15, 0.2) is 22.8 Å². The van der Waals surface area contributed by atoms with Crippen LogP contribution < -0.4 is 5.32 Å². The van der Waals surface area contributed by atoms with Crippen LogP contribution in [-0.4, -0.2) is 36.7 Å². The van der Waals surface area contributed by atoms with E-state index in [-0.39, 0.29) is 5.76 Å². The molecule has 1 aromatic rings. The Hall–Kier alpha value is -1.82. The van der Waals surface area contributed by atoms with E-state index in [0.717, 1.165) is 0 Å². The van der Waals surface area contributed by atoms with Crippen molar-refractivity contribution in [3.8, 4) is 0 Å². The zero-order valence-corrected chi connectivity index (χ0v) is 8.10. The van der Waals surface area contributed by atoms with Gasteiger partial charge in [0.1, 0.15) is 0 Å². The molecule has 0 aliphatic heterocycles. The van der Waals surface area contributed by atoms with Crippen molar-refractivity contribution in [3.05, 3.63) is 24.2 Å². The highest BCUT2D eigenvalue weighted by atomic mass is 16.5. The fourth-order valence-electron chi connectivity index (χ4n) is 0.958. The van der Waals surface area contributed by atoms with Gasteiger partial charge in [-0.25, -0.2) is 4.79 Å². The van der Waals surface area contributed by atoms with Gasteiger partial charge in [-0.15, -0.1) is 0 Å². The monoisotopic (exact) mass is 213 g/mol. The lowest BCUT2D eigenvalue weighted by atomic mass is 10.3. The molecule has 0 saturated heterocycles. The summed E-state index contributed by atoms with van der Waals surface area (Å²) >= 11 is 0. The minimum Gasteiger partial charge on any atom is -0.467 e. The van der Waals surface area contributed by atoms with E-state index in [1.165, 1.54) is 19.4 Å². The van der Waals surface area contributed by atoms with Crippen molar-refractivity contribution < 1.29 is 23.8 Å². The van der Waals surface area contributed by atoms with Gasteiger partial charge in [0.25, 0.3) is 5.91 Å². The van der Waals surface area contributed by atoms with Crippen LogP contribution in [0.25, 0.3) is 0 Å². The van der Waals surface area contributed by atoms with E-state index in [9.17, 15) is 9.59 Å². The molecule has 2 N–H and O–H groups in total. The van der Waals surface area contributed by atoms with E-state index in [2.05, 4.69) is 10.1 Å². The molecule has 0 fully saturated rings. The van der Waals surface area contributed by atoms with E-state index in [1.54, 1.807) is 6.07 Å². The topological polar surface area (TPSA) is 88.8 Å². The summed E-state index contributed by atoms with van der Waals surface area (Å²) in [4.78, 5) is 22.4. The highest BCUT2D eigenvalue weighted by Crippen LogP contribution is 2.00. The number of furan rings is 1. The van der Waals surface area contributed by atoms with Crippen LogP contribution in [-0.2, 0) is 9.53 Å². The molecule has 0 radical (unpaired) electrons. The molecule has 6 heteroatoms. The fourth-order valence-corrected chi connectivity index (χ4v) is 0.958. The first-order valence-electron chi connectivity index (χ1n) is 4.22. The van der Waals surface area contributed by atoms with Crippen LogP contribution in [0.1, 0.15) is 10.6 Å². The van der Waals surface area contributed by atoms with Crippen LogP contribution in [0.4, 0.5) is 0 Å². The number of esters is 1. The van der Waals surface area contributed by atoms with E-state index in [1.807, 2.05) is 0 Å². The molecule has 1 rings (SSSR count). The molecular formula is C9H11NO5. The Morgan fingerprint density at radius 3 is 2.87 bits per heavy atom. The largest absolute Gasteiger partial charge is 0.467 e. The lowest BCUT2D eigenvalue weighted by Gasteiger charge is -2.12. The maximum Gasteiger partial charge on any atom is 0.330 e. The first-order chi connectivity index (χ1) is 7.19. The molecule has 0 unspecified atom stereocenters. The molecule has 0 aliphatic carbocycles. The van der Waals surface area contributed by atoms with Gasteiger partial charge in [-0.2, -0.15) is 0 Å². The minimum atomic E-state index is -1.08. The molecule has 1 amide bonds. The number of hydrogen-bond donors (Lipinski definition) is 2. The summed E-state index contributed by atoms with van der Waals surface area (Å²) in [7, 11) is 1.17. The lowest BCUT2D eigenvalue weighted by molar-refractivity contribution is -0.143. The zero-order valence-electron chi connectivity index (χ0n) is 8.10. The number of aliphatic hydroxyl groups is 1. The van der Waals surface area contributed by atoms with Gasteiger partial charge < -0.3 is 19.6 Å². The molecule has 0 aliphatic rings. The smallest absolute Gasteiger partial charge is 0.330 e. The van der Waals surface area contributed by atoms with E-state index in [4.69, 9.17) is 9.52 Å². The van der Waals surface area contributed by atoms with Crippen molar-refractivity contribution in [2.45, 2.75) is 6.04 Å². The number of carbonyl (C=O) groups is 2. The summed E-state index contributed by atoms with van der Waals surface area (Å²) in [5, 5.41) is 11.1. The third-order valence-electron chi connectivity index (χ3n) is 1.72. The molecule has 1 aromatic heterocycles. The minimum absolute atomic E-state index is 0.0670. The van der Waals surface area contributed by atoms with Crippen molar-refractivity contribution in [1.29, 1.82) is 0 Å². The molecule has 82 valence electrons. The Morgan fingerprint density at radius 2 is 2.40 bits per heavy atom. The Labute approximate surface area is 85.8 Å². The lowest BCUT2D eigenvalue weighted by Crippen LogP contribution is -2.43. The average Bonchev–Trinajstić information content (AvgIpc) is 2.77. The number of amides is 1. The van der Waals surface area contributed by atoms with Gasteiger partial charge >= 0.3 is 5.97 Å². The standard InChI is InChI=1S/C9H11NO5/c1-14-9(13)6(5-11)10-8(12)7-3-2-4-15-7/h2-4,6,11H,5H2,1H3,(H,10,12)/t6-/m0/s1. The van der Waals surface area contributed by atoms with Gasteiger partial charge in [0.15, 0.2) is 11.8 Å². The van der Waals surface area contributed by atoms with Crippen LogP contribution in [0.2, 0.25) is 0 Å². The summed E-state index contributed by atoms with van der Waals surface area (Å²) < 4.78 is 9.19. The normalized spacial score (nSPS) is 11.9. The number of rotatable bonds is 4. The number of aliphatic hydroxyl groups excluding tert-OH is 1. The summed E-state index contributed by atoms with van der Waals surface area (Å²) in [5.74, 6) is -1.22. The Kier molecular flexibility index (Phi) is 3.87. The maximum absolute atomic E-state index is 11.4. The summed E-state index contributed by atoms with van der Waals surface area (Å²) in [5.41, 5.74) is 0. The summed E-state index contributed by atoms with van der Waals surface area (Å²) in [6, 6.07) is 1.91. The fraction of sp³-hybridized carbons (Fsp3) is 0.333. The quantitative estimate of drug-likeness (QED) is 0.661. The zero-order chi connectivity index (χ0) is 11.3. The highest BCUT2D eigenvalue weighted by Gasteiger charge is 2.21. The third kappa shape index (κ3) is 2.81. The van der Waals surface area contributed by atoms with Crippen molar-refractivity contribution in [2.75, 3.05) is 13.7 Å². The van der Waals surface area contributed by atoms with Crippen molar-refractivity contribution >= 4 is 11.9 Å². The van der Waals surface area contributed by atoms with Crippen LogP contribution in [0, 0.1) is 0 Å². The SMILES string of the molecule is COC(=O)[C@H](CO)NC(=O)c1ccco1. The second-order valence-corrected chi connectivity index (χ2v) is 2.71. The molecule has 6 nitrogen and oxygen atoms in total. The first-order valence-corrected chi connectivity index (χ1v) is 4.22. The molecule has 0 bridgehead atoms. The van der Waals surface area contributed by atoms with Gasteiger partial charge in [0.05, 0.1) is 20.0 Å². The van der Waals surface area contributed by atoms with Crippen molar-refractivity contribution in [3.63, 3.8) is 0 Å². The molecule has 0 saturated carbocycles. The number of methoxy groups -OCH3 is 1. The average molecular weight is 213 g/mol. The van der Waals surface area contributed by atoms with Crippen LogP contribution >= 0.6 is 0 Å². The molecule has 15 heavy (non-hydrogen) atoms. The van der Waals surface area contributed by atoms with Crippen molar-refractivity contribution in [2.24, 2.45) is 0 Å². The molecule has 1 heterocycles. The number of hydrogen-bond acceptors (Lipinski definition) is 5. The molecule has 0 spiro atoms. The first kappa shape index (κ1) is 11.3. The van der Waals surface area contributed by atoms with Gasteiger partial charge in [-0.1, -0.05) is 0 Å². The number of carbonyl (C=O) groups excluding carboxylic acids is 2. The van der Waals surface area contributed by atoms with Gasteiger partial charge in [-0.3, -0.25) is 4.79 Å². The van der Waals surface area contributed by atoms with E-state index in [0.29, 0.717) is 0 Å². The predicted octanol–water partition coefficient (Wildman–Crippen LogP) is -0.457. The Morgan fingerprint density at radius 1 is 1.67 bits per heavy atom. The van der Waals surface area contributed by atoms with Gasteiger partial charge in [0.2, 0.25) is 0 Å². The molecule has 0 aromatic carbocycles. The van der Waals surface area contributed by atoms with E-state index >= 15 is 0 Å². The van der Waals surface area contributed by atoms with Crippen LogP contribution in [0.5, 0.6) is 0 Å². The van der Waals surface area contributed by atoms with Crippen molar-refractivity contribution in [1.82, 2.24) is 5.32 Å². The second kappa shape index (κ2) is 5.16. The van der Waals surface area contributed by atoms with Gasteiger partial charge in [-0.05, 0) is 12.1 Å². The second-order valence-electron chi connectivity index (χ2n) is 2.71. The van der Waals surface area contributed by atoms with E-state index < -0.39 is 24.5 Å².